The first-order valence-corrected chi connectivity index (χ1v) is 4.87. The summed E-state index contributed by atoms with van der Waals surface area (Å²) in [6, 6.07) is 0. The molecule has 0 atom stereocenters. The maximum absolute atomic E-state index is 11.4. The molecule has 0 heterocycles. The van der Waals surface area contributed by atoms with E-state index in [0.717, 1.165) is 19.3 Å². The molecule has 2 aliphatic rings. The quantitative estimate of drug-likeness (QED) is 0.534. The molecule has 0 aromatic heterocycles. The Bertz CT molecular complexity index is 282. The monoisotopic (exact) mass is 198 g/mol. The van der Waals surface area contributed by atoms with Gasteiger partial charge in [-0.3, -0.25) is 9.59 Å². The first kappa shape index (κ1) is 9.49. The summed E-state index contributed by atoms with van der Waals surface area (Å²) < 4.78 is 4.56. The van der Waals surface area contributed by atoms with E-state index < -0.39 is 17.4 Å². The number of esters is 1. The summed E-state index contributed by atoms with van der Waals surface area (Å²) in [6.45, 7) is 0. The Labute approximate surface area is 82.2 Å². The van der Waals surface area contributed by atoms with Gasteiger partial charge in [-0.15, -0.1) is 0 Å². The molecule has 0 aliphatic heterocycles. The van der Waals surface area contributed by atoms with Crippen LogP contribution in [0.25, 0.3) is 0 Å². The molecule has 1 N–H and O–H groups in total. The van der Waals surface area contributed by atoms with Crippen LogP contribution in [0.3, 0.4) is 0 Å². The molecule has 4 heteroatoms. The van der Waals surface area contributed by atoms with Crippen LogP contribution in [-0.4, -0.2) is 24.2 Å². The van der Waals surface area contributed by atoms with Crippen LogP contribution in [0, 0.1) is 10.8 Å². The van der Waals surface area contributed by atoms with Gasteiger partial charge in [0.1, 0.15) is 0 Å². The highest BCUT2D eigenvalue weighted by molar-refractivity contribution is 6.00. The summed E-state index contributed by atoms with van der Waals surface area (Å²) in [5, 5.41) is 9.04. The van der Waals surface area contributed by atoms with Crippen LogP contribution in [0.2, 0.25) is 0 Å². The fourth-order valence-electron chi connectivity index (χ4n) is 2.84. The molecule has 2 fully saturated rings. The Morgan fingerprint density at radius 2 is 1.86 bits per heavy atom. The lowest BCUT2D eigenvalue weighted by Crippen LogP contribution is -2.58. The summed E-state index contributed by atoms with van der Waals surface area (Å²) in [7, 11) is 1.25. The minimum absolute atomic E-state index is 0.159. The van der Waals surface area contributed by atoms with Gasteiger partial charge in [0.25, 0.3) is 0 Å². The second-order valence-corrected chi connectivity index (χ2v) is 4.59. The molecule has 0 aromatic carbocycles. The molecular formula is C10H14O4. The third-order valence-corrected chi connectivity index (χ3v) is 3.75. The predicted molar refractivity (Wildman–Crippen MR) is 47.6 cm³/mol. The van der Waals surface area contributed by atoms with E-state index in [2.05, 4.69) is 4.74 Å². The highest BCUT2D eigenvalue weighted by Crippen LogP contribution is 2.64. The second kappa shape index (κ2) is 2.72. The number of hydrogen-bond donors (Lipinski definition) is 1. The molecule has 0 amide bonds. The van der Waals surface area contributed by atoms with Crippen molar-refractivity contribution < 1.29 is 19.4 Å². The first-order chi connectivity index (χ1) is 6.55. The van der Waals surface area contributed by atoms with Gasteiger partial charge >= 0.3 is 11.9 Å². The normalized spacial score (nSPS) is 26.1. The van der Waals surface area contributed by atoms with Crippen molar-refractivity contribution in [3.63, 3.8) is 0 Å². The van der Waals surface area contributed by atoms with Gasteiger partial charge in [0.2, 0.25) is 0 Å². The Morgan fingerprint density at radius 1 is 1.29 bits per heavy atom. The van der Waals surface area contributed by atoms with Crippen molar-refractivity contribution >= 4 is 11.9 Å². The van der Waals surface area contributed by atoms with Gasteiger partial charge in [-0.25, -0.2) is 0 Å². The van der Waals surface area contributed by atoms with Crippen LogP contribution < -0.4 is 0 Å². The lowest BCUT2D eigenvalue weighted by molar-refractivity contribution is -0.193. The van der Waals surface area contributed by atoms with Gasteiger partial charge in [0.05, 0.1) is 7.11 Å². The zero-order chi connectivity index (χ0) is 10.4. The average molecular weight is 198 g/mol. The van der Waals surface area contributed by atoms with Crippen molar-refractivity contribution in [3.05, 3.63) is 0 Å². The number of carbonyl (C=O) groups excluding carboxylic acids is 1. The fourth-order valence-corrected chi connectivity index (χ4v) is 2.84. The number of rotatable bonds is 2. The molecule has 78 valence electrons. The molecule has 14 heavy (non-hydrogen) atoms. The van der Waals surface area contributed by atoms with Crippen molar-refractivity contribution in [3.8, 4) is 0 Å². The van der Waals surface area contributed by atoms with E-state index in [-0.39, 0.29) is 5.41 Å². The van der Waals surface area contributed by atoms with Gasteiger partial charge in [0, 0.05) is 0 Å². The first-order valence-electron chi connectivity index (χ1n) is 4.87. The predicted octanol–water partition coefficient (Wildman–Crippen LogP) is 1.19. The fraction of sp³-hybridized carbons (Fsp3) is 0.800. The van der Waals surface area contributed by atoms with Gasteiger partial charge in [-0.05, 0) is 31.1 Å². The van der Waals surface area contributed by atoms with E-state index in [4.69, 9.17) is 5.11 Å². The van der Waals surface area contributed by atoms with Crippen LogP contribution in [0.15, 0.2) is 0 Å². The number of carboxylic acids is 1. The molecule has 2 saturated carbocycles. The number of ether oxygens (including phenoxy) is 1. The number of methoxy groups -OCH3 is 1. The maximum Gasteiger partial charge on any atom is 0.323 e. The van der Waals surface area contributed by atoms with E-state index in [1.54, 1.807) is 0 Å². The van der Waals surface area contributed by atoms with Crippen molar-refractivity contribution in [2.75, 3.05) is 7.11 Å². The Kier molecular flexibility index (Phi) is 1.84. The smallest absolute Gasteiger partial charge is 0.323 e. The molecule has 0 aromatic rings. The highest BCUT2D eigenvalue weighted by atomic mass is 16.5. The number of carbonyl (C=O) groups is 2. The maximum atomic E-state index is 11.4. The minimum atomic E-state index is -1.23. The molecule has 4 nitrogen and oxygen atoms in total. The lowest BCUT2D eigenvalue weighted by Gasteiger charge is -2.57. The summed E-state index contributed by atoms with van der Waals surface area (Å²) in [5.41, 5.74) is -1.07. The van der Waals surface area contributed by atoms with Crippen molar-refractivity contribution in [2.45, 2.75) is 32.1 Å². The molecule has 0 radical (unpaired) electrons. The van der Waals surface area contributed by atoms with Crippen LogP contribution in [-0.2, 0) is 14.3 Å². The highest BCUT2D eigenvalue weighted by Gasteiger charge is 2.65. The second-order valence-electron chi connectivity index (χ2n) is 4.59. The Hall–Kier alpha value is -1.06. The van der Waals surface area contributed by atoms with E-state index >= 15 is 0 Å². The van der Waals surface area contributed by atoms with Crippen molar-refractivity contribution in [1.29, 1.82) is 0 Å². The van der Waals surface area contributed by atoms with Gasteiger partial charge < -0.3 is 9.84 Å². The summed E-state index contributed by atoms with van der Waals surface area (Å²) >= 11 is 0. The Balaban J connectivity index is 2.12. The van der Waals surface area contributed by atoms with E-state index in [1.165, 1.54) is 7.11 Å². The van der Waals surface area contributed by atoms with Crippen LogP contribution in [0.5, 0.6) is 0 Å². The zero-order valence-corrected chi connectivity index (χ0v) is 8.21. The van der Waals surface area contributed by atoms with Crippen LogP contribution in [0.1, 0.15) is 32.1 Å². The summed E-state index contributed by atoms with van der Waals surface area (Å²) in [6.07, 6.45) is 4.25. The van der Waals surface area contributed by atoms with Crippen LogP contribution in [0.4, 0.5) is 0 Å². The molecule has 0 unspecified atom stereocenters. The van der Waals surface area contributed by atoms with Gasteiger partial charge in [0.15, 0.2) is 5.41 Å². The largest absolute Gasteiger partial charge is 0.480 e. The third kappa shape index (κ3) is 0.996. The summed E-state index contributed by atoms with van der Waals surface area (Å²) in [4.78, 5) is 22.4. The zero-order valence-electron chi connectivity index (χ0n) is 8.21. The number of aliphatic carboxylic acids is 1. The van der Waals surface area contributed by atoms with Crippen molar-refractivity contribution in [1.82, 2.24) is 0 Å². The molecule has 0 bridgehead atoms. The van der Waals surface area contributed by atoms with Gasteiger partial charge in [-0.2, -0.15) is 0 Å². The Morgan fingerprint density at radius 3 is 2.14 bits per heavy atom. The van der Waals surface area contributed by atoms with Crippen molar-refractivity contribution in [2.24, 2.45) is 10.8 Å². The lowest BCUT2D eigenvalue weighted by atomic mass is 9.45. The third-order valence-electron chi connectivity index (χ3n) is 3.75. The average Bonchev–Trinajstić information content (AvgIpc) is 1.98. The van der Waals surface area contributed by atoms with E-state index in [1.807, 2.05) is 0 Å². The molecule has 2 rings (SSSR count). The topological polar surface area (TPSA) is 63.6 Å². The number of hydrogen-bond acceptors (Lipinski definition) is 3. The molecule has 2 aliphatic carbocycles. The SMILES string of the molecule is COC(=O)C1(C(=O)O)CC2(CCC2)C1. The molecule has 1 spiro atoms. The molecular weight excluding hydrogens is 184 g/mol. The standard InChI is InChI=1S/C10H14O4/c1-14-8(13)10(7(11)12)5-9(6-10)3-2-4-9/h2-6H2,1H3,(H,11,12). The minimum Gasteiger partial charge on any atom is -0.480 e. The summed E-state index contributed by atoms with van der Waals surface area (Å²) in [5.74, 6) is -1.61. The van der Waals surface area contributed by atoms with Crippen LogP contribution >= 0.6 is 0 Å². The van der Waals surface area contributed by atoms with Gasteiger partial charge in [-0.1, -0.05) is 6.42 Å². The molecule has 0 saturated heterocycles. The van der Waals surface area contributed by atoms with E-state index in [9.17, 15) is 9.59 Å². The number of carboxylic acid groups (broad SMARTS) is 1. The van der Waals surface area contributed by atoms with E-state index in [0.29, 0.717) is 12.8 Å².